The average Bonchev–Trinajstić information content (AvgIpc) is 3.43. The molecule has 77 heavy (non-hydrogen) atoms. The fourth-order valence-corrected chi connectivity index (χ4v) is 7.67. The standard InChI is InChI=1S/C71H110O6/c1-4-7-10-13-16-19-22-25-27-29-30-31-32-33-34-35-36-37-38-39-40-42-43-46-49-52-55-58-61-64-70(73)76-67-68(66-75-69(72)63-60-57-54-51-48-45-24-21-18-15-12-9-6-3)77-71(74)65-62-59-56-53-50-47-44-41-28-26-23-20-17-14-11-8-5-2/h7-8,10-12,15-17,19-21,24-28,30-31,33-34,36-37,39-40,44,47,53,56,68H,4-6,9,13-14,18,22-23,29,32,35,38,41-43,45-46,48-52,54-55,57-67H2,1-3H3/b10-7-,11-8-,15-12-,19-16-,20-17-,24-21-,27-25-,28-26-,31-30-,34-33-,37-36-,40-39-,47-44-,56-53-. The first-order valence-corrected chi connectivity index (χ1v) is 30.6. The van der Waals surface area contributed by atoms with Gasteiger partial charge in [0.15, 0.2) is 6.10 Å². The minimum absolute atomic E-state index is 0.119. The molecule has 1 atom stereocenters. The van der Waals surface area contributed by atoms with Crippen LogP contribution in [-0.2, 0) is 28.6 Å². The van der Waals surface area contributed by atoms with Gasteiger partial charge in [-0.05, 0) is 141 Å². The summed E-state index contributed by atoms with van der Waals surface area (Å²) in [5.41, 5.74) is 0. The summed E-state index contributed by atoms with van der Waals surface area (Å²) >= 11 is 0. The minimum atomic E-state index is -0.828. The number of unbranched alkanes of at least 4 members (excludes halogenated alkanes) is 14. The van der Waals surface area contributed by atoms with E-state index in [0.717, 1.165) is 167 Å². The predicted octanol–water partition coefficient (Wildman–Crippen LogP) is 21.1. The Kier molecular flexibility index (Phi) is 59.0. The monoisotopic (exact) mass is 1060 g/mol. The normalized spacial score (nSPS) is 13.3. The highest BCUT2D eigenvalue weighted by Gasteiger charge is 2.19. The average molecular weight is 1060 g/mol. The van der Waals surface area contributed by atoms with E-state index < -0.39 is 6.10 Å². The number of hydrogen-bond acceptors (Lipinski definition) is 6. The van der Waals surface area contributed by atoms with E-state index in [-0.39, 0.29) is 37.5 Å². The molecule has 0 rings (SSSR count). The quantitative estimate of drug-likeness (QED) is 0.0261. The maximum Gasteiger partial charge on any atom is 0.306 e. The second-order valence-corrected chi connectivity index (χ2v) is 19.5. The van der Waals surface area contributed by atoms with E-state index in [1.54, 1.807) is 0 Å². The van der Waals surface area contributed by atoms with Gasteiger partial charge in [0.25, 0.3) is 0 Å². The van der Waals surface area contributed by atoms with Crippen LogP contribution in [0.1, 0.15) is 239 Å². The topological polar surface area (TPSA) is 78.9 Å². The molecule has 0 aliphatic rings. The van der Waals surface area contributed by atoms with Gasteiger partial charge in [-0.15, -0.1) is 0 Å². The van der Waals surface area contributed by atoms with Gasteiger partial charge >= 0.3 is 17.9 Å². The lowest BCUT2D eigenvalue weighted by Crippen LogP contribution is -2.30. The van der Waals surface area contributed by atoms with Crippen molar-refractivity contribution in [2.75, 3.05) is 13.2 Å². The lowest BCUT2D eigenvalue weighted by Gasteiger charge is -2.18. The van der Waals surface area contributed by atoms with E-state index in [1.165, 1.54) is 25.7 Å². The van der Waals surface area contributed by atoms with Crippen molar-refractivity contribution in [3.8, 4) is 0 Å². The molecule has 6 nitrogen and oxygen atoms in total. The molecule has 0 bridgehead atoms. The molecule has 0 heterocycles. The van der Waals surface area contributed by atoms with E-state index in [2.05, 4.69) is 191 Å². The van der Waals surface area contributed by atoms with Crippen LogP contribution in [0.4, 0.5) is 0 Å². The number of esters is 3. The highest BCUT2D eigenvalue weighted by atomic mass is 16.6. The third-order valence-electron chi connectivity index (χ3n) is 12.2. The van der Waals surface area contributed by atoms with Gasteiger partial charge in [0.1, 0.15) is 13.2 Å². The summed E-state index contributed by atoms with van der Waals surface area (Å²) in [6.07, 6.45) is 93.6. The van der Waals surface area contributed by atoms with Crippen LogP contribution in [0.15, 0.2) is 170 Å². The van der Waals surface area contributed by atoms with Gasteiger partial charge in [0.05, 0.1) is 0 Å². The number of hydrogen-bond donors (Lipinski definition) is 0. The summed E-state index contributed by atoms with van der Waals surface area (Å²) in [7, 11) is 0. The van der Waals surface area contributed by atoms with Crippen molar-refractivity contribution in [3.63, 3.8) is 0 Å². The molecule has 0 aromatic carbocycles. The number of ether oxygens (including phenoxy) is 3. The summed E-state index contributed by atoms with van der Waals surface area (Å²) in [5.74, 6) is -1.01. The summed E-state index contributed by atoms with van der Waals surface area (Å²) in [6, 6.07) is 0. The molecule has 0 fully saturated rings. The van der Waals surface area contributed by atoms with E-state index in [9.17, 15) is 14.4 Å². The molecule has 0 saturated carbocycles. The van der Waals surface area contributed by atoms with Crippen molar-refractivity contribution >= 4 is 17.9 Å². The van der Waals surface area contributed by atoms with Crippen molar-refractivity contribution in [3.05, 3.63) is 170 Å². The Morgan fingerprint density at radius 3 is 0.831 bits per heavy atom. The number of rotatable bonds is 53. The van der Waals surface area contributed by atoms with Gasteiger partial charge in [0.2, 0.25) is 0 Å². The maximum absolute atomic E-state index is 12.9. The van der Waals surface area contributed by atoms with Gasteiger partial charge in [-0.25, -0.2) is 0 Å². The first-order valence-electron chi connectivity index (χ1n) is 30.6. The van der Waals surface area contributed by atoms with Crippen LogP contribution in [-0.4, -0.2) is 37.2 Å². The first-order chi connectivity index (χ1) is 38.0. The minimum Gasteiger partial charge on any atom is -0.462 e. The Morgan fingerprint density at radius 1 is 0.273 bits per heavy atom. The Morgan fingerprint density at radius 2 is 0.519 bits per heavy atom. The molecule has 0 amide bonds. The zero-order chi connectivity index (χ0) is 55.7. The molecule has 0 aliphatic heterocycles. The van der Waals surface area contributed by atoms with Gasteiger partial charge in [-0.2, -0.15) is 0 Å². The second-order valence-electron chi connectivity index (χ2n) is 19.5. The second kappa shape index (κ2) is 63.3. The molecular weight excluding hydrogens is 949 g/mol. The Labute approximate surface area is 472 Å². The highest BCUT2D eigenvalue weighted by Crippen LogP contribution is 2.13. The molecule has 0 radical (unpaired) electrons. The molecular formula is C71H110O6. The zero-order valence-corrected chi connectivity index (χ0v) is 49.1. The summed E-state index contributed by atoms with van der Waals surface area (Å²) in [5, 5.41) is 0. The van der Waals surface area contributed by atoms with Crippen LogP contribution in [0.25, 0.3) is 0 Å². The van der Waals surface area contributed by atoms with Crippen LogP contribution in [0.5, 0.6) is 0 Å². The van der Waals surface area contributed by atoms with Crippen LogP contribution < -0.4 is 0 Å². The molecule has 0 aliphatic carbocycles. The summed E-state index contributed by atoms with van der Waals surface area (Å²) in [4.78, 5) is 38.2. The Hall–Kier alpha value is -5.23. The lowest BCUT2D eigenvalue weighted by atomic mass is 10.1. The Bertz CT molecular complexity index is 1790. The van der Waals surface area contributed by atoms with Crippen LogP contribution >= 0.6 is 0 Å². The molecule has 1 unspecified atom stereocenters. The van der Waals surface area contributed by atoms with Crippen molar-refractivity contribution in [2.45, 2.75) is 245 Å². The zero-order valence-electron chi connectivity index (χ0n) is 49.1. The smallest absolute Gasteiger partial charge is 0.306 e. The molecule has 0 saturated heterocycles. The number of carbonyl (C=O) groups is 3. The number of carbonyl (C=O) groups excluding carboxylic acids is 3. The highest BCUT2D eigenvalue weighted by molar-refractivity contribution is 5.71. The van der Waals surface area contributed by atoms with Crippen LogP contribution in [0.2, 0.25) is 0 Å². The summed E-state index contributed by atoms with van der Waals surface area (Å²) < 4.78 is 16.8. The van der Waals surface area contributed by atoms with Gasteiger partial charge in [0, 0.05) is 19.3 Å². The molecule has 6 heteroatoms. The van der Waals surface area contributed by atoms with Gasteiger partial charge in [-0.1, -0.05) is 249 Å². The van der Waals surface area contributed by atoms with Crippen LogP contribution in [0, 0.1) is 0 Å². The van der Waals surface area contributed by atoms with Gasteiger partial charge < -0.3 is 14.2 Å². The molecule has 0 N–H and O–H groups in total. The third kappa shape index (κ3) is 61.5. The van der Waals surface area contributed by atoms with Crippen molar-refractivity contribution in [1.29, 1.82) is 0 Å². The SMILES string of the molecule is CC/C=C\C/C=C\C/C=C\C/C=C\C/C=C\C/C=C\C/C=C\CCCCCCCCCC(=O)OCC(COC(=O)CCCCCCC/C=C\C/C=C\CCC)OC(=O)CCC/C=C\C/C=C\C/C=C\C/C=C\C/C=C\CC. The van der Waals surface area contributed by atoms with Gasteiger partial charge in [-0.3, -0.25) is 14.4 Å². The third-order valence-corrected chi connectivity index (χ3v) is 12.2. The molecule has 430 valence electrons. The fourth-order valence-electron chi connectivity index (χ4n) is 7.67. The van der Waals surface area contributed by atoms with E-state index in [1.807, 2.05) is 0 Å². The van der Waals surface area contributed by atoms with Crippen molar-refractivity contribution in [2.24, 2.45) is 0 Å². The maximum atomic E-state index is 12.9. The van der Waals surface area contributed by atoms with Crippen molar-refractivity contribution < 1.29 is 28.6 Å². The van der Waals surface area contributed by atoms with E-state index in [4.69, 9.17) is 14.2 Å². The first kappa shape index (κ1) is 71.8. The largest absolute Gasteiger partial charge is 0.462 e. The summed E-state index contributed by atoms with van der Waals surface area (Å²) in [6.45, 7) is 6.26. The predicted molar refractivity (Wildman–Crippen MR) is 334 cm³/mol. The molecule has 0 aromatic heterocycles. The molecule has 0 aromatic rings. The van der Waals surface area contributed by atoms with Crippen molar-refractivity contribution in [1.82, 2.24) is 0 Å². The van der Waals surface area contributed by atoms with E-state index >= 15 is 0 Å². The number of allylic oxidation sites excluding steroid dienone is 28. The van der Waals surface area contributed by atoms with Crippen LogP contribution in [0.3, 0.4) is 0 Å². The Balaban J connectivity index is 4.43. The molecule has 0 spiro atoms. The fraction of sp³-hybridized carbons (Fsp3) is 0.563. The lowest BCUT2D eigenvalue weighted by molar-refractivity contribution is -0.167. The van der Waals surface area contributed by atoms with E-state index in [0.29, 0.717) is 19.3 Å².